The number of halogens is 1. The molecule has 1 amide bonds. The van der Waals surface area contributed by atoms with Gasteiger partial charge in [-0.05, 0) is 25.1 Å². The number of carbonyl (C=O) groups excluding carboxylic acids is 2. The molecule has 0 spiro atoms. The van der Waals surface area contributed by atoms with E-state index in [2.05, 4.69) is 5.32 Å². The minimum atomic E-state index is -0.328. The molecule has 0 heterocycles. The Labute approximate surface area is 106 Å². The maximum Gasteiger partial charge on any atom is 0.231 e. The van der Waals surface area contributed by atoms with Gasteiger partial charge in [0.15, 0.2) is 0 Å². The van der Waals surface area contributed by atoms with Gasteiger partial charge in [-0.1, -0.05) is 11.6 Å². The zero-order valence-corrected chi connectivity index (χ0v) is 10.8. The topological polar surface area (TPSA) is 49.4 Å². The summed E-state index contributed by atoms with van der Waals surface area (Å²) in [4.78, 5) is 24.0. The highest BCUT2D eigenvalue weighted by atomic mass is 35.5. The maximum atomic E-state index is 11.4. The van der Waals surface area contributed by atoms with Crippen LogP contribution in [0.4, 0.5) is 11.4 Å². The van der Waals surface area contributed by atoms with Gasteiger partial charge in [-0.25, -0.2) is 0 Å². The molecule has 0 saturated carbocycles. The molecule has 5 heteroatoms. The van der Waals surface area contributed by atoms with Crippen LogP contribution in [0.1, 0.15) is 13.3 Å². The third-order valence-electron chi connectivity index (χ3n) is 2.12. The molecule has 1 aromatic carbocycles. The molecule has 0 atom stereocenters. The third-order valence-corrected chi connectivity index (χ3v) is 2.43. The third kappa shape index (κ3) is 4.07. The number of amides is 1. The SMILES string of the molecule is CC(=O)CC(=O)Nc1ccc(N(C)C)c(Cl)c1. The Kier molecular flexibility index (Phi) is 4.52. The zero-order valence-electron chi connectivity index (χ0n) is 10.1. The normalized spacial score (nSPS) is 9.88. The first kappa shape index (κ1) is 13.5. The first-order valence-electron chi connectivity index (χ1n) is 5.16. The number of Topliss-reactive ketones (excluding diaryl/α,β-unsaturated/α-hetero) is 1. The maximum absolute atomic E-state index is 11.4. The molecular weight excluding hydrogens is 240 g/mol. The molecule has 0 unspecified atom stereocenters. The van der Waals surface area contributed by atoms with Crippen LogP contribution in [0.25, 0.3) is 0 Å². The van der Waals surface area contributed by atoms with Gasteiger partial charge in [-0.2, -0.15) is 0 Å². The van der Waals surface area contributed by atoms with Crippen LogP contribution in [0, 0.1) is 0 Å². The number of rotatable bonds is 4. The number of ketones is 1. The van der Waals surface area contributed by atoms with E-state index in [-0.39, 0.29) is 18.1 Å². The smallest absolute Gasteiger partial charge is 0.231 e. The summed E-state index contributed by atoms with van der Waals surface area (Å²) in [5.74, 6) is -0.496. The summed E-state index contributed by atoms with van der Waals surface area (Å²) in [6, 6.07) is 5.22. The molecule has 0 aromatic heterocycles. The fourth-order valence-corrected chi connectivity index (χ4v) is 1.73. The van der Waals surface area contributed by atoms with Crippen molar-refractivity contribution >= 4 is 34.7 Å². The number of carbonyl (C=O) groups is 2. The van der Waals surface area contributed by atoms with Crippen LogP contribution in [-0.2, 0) is 9.59 Å². The Hall–Kier alpha value is -1.55. The van der Waals surface area contributed by atoms with E-state index in [1.54, 1.807) is 12.1 Å². The van der Waals surface area contributed by atoms with Crippen LogP contribution >= 0.6 is 11.6 Å². The highest BCUT2D eigenvalue weighted by Gasteiger charge is 2.08. The zero-order chi connectivity index (χ0) is 13.0. The Balaban J connectivity index is 2.77. The summed E-state index contributed by atoms with van der Waals surface area (Å²) in [5.41, 5.74) is 1.46. The Morgan fingerprint density at radius 3 is 2.47 bits per heavy atom. The predicted octanol–water partition coefficient (Wildman–Crippen LogP) is 2.32. The summed E-state index contributed by atoms with van der Waals surface area (Å²) in [7, 11) is 3.77. The molecular formula is C12H15ClN2O2. The van der Waals surface area contributed by atoms with E-state index in [4.69, 9.17) is 11.6 Å². The van der Waals surface area contributed by atoms with Crippen LogP contribution in [0.5, 0.6) is 0 Å². The second-order valence-corrected chi connectivity index (χ2v) is 4.39. The monoisotopic (exact) mass is 254 g/mol. The standard InChI is InChI=1S/C12H15ClN2O2/c1-8(16)6-12(17)14-9-4-5-11(15(2)3)10(13)7-9/h4-5,7H,6H2,1-3H3,(H,14,17). The number of hydrogen-bond donors (Lipinski definition) is 1. The molecule has 0 saturated heterocycles. The fourth-order valence-electron chi connectivity index (χ4n) is 1.38. The van der Waals surface area contributed by atoms with Crippen LogP contribution in [0.15, 0.2) is 18.2 Å². The van der Waals surface area contributed by atoms with Crippen LogP contribution in [0.3, 0.4) is 0 Å². The average molecular weight is 255 g/mol. The van der Waals surface area contributed by atoms with E-state index < -0.39 is 0 Å². The molecule has 0 aliphatic rings. The van der Waals surface area contributed by atoms with Crippen molar-refractivity contribution in [3.63, 3.8) is 0 Å². The summed E-state index contributed by atoms with van der Waals surface area (Å²) in [6.07, 6.45) is -0.118. The van der Waals surface area contributed by atoms with Crippen molar-refractivity contribution < 1.29 is 9.59 Å². The summed E-state index contributed by atoms with van der Waals surface area (Å²) < 4.78 is 0. The molecule has 0 radical (unpaired) electrons. The van der Waals surface area contributed by atoms with Gasteiger partial charge in [-0.15, -0.1) is 0 Å². The summed E-state index contributed by atoms with van der Waals surface area (Å²) in [6.45, 7) is 1.38. The van der Waals surface area contributed by atoms with E-state index in [1.807, 2.05) is 25.1 Å². The highest BCUT2D eigenvalue weighted by molar-refractivity contribution is 6.33. The lowest BCUT2D eigenvalue weighted by molar-refractivity contribution is -0.124. The summed E-state index contributed by atoms with van der Waals surface area (Å²) >= 11 is 6.05. The quantitative estimate of drug-likeness (QED) is 0.839. The van der Waals surface area contributed by atoms with E-state index >= 15 is 0 Å². The molecule has 1 N–H and O–H groups in total. The van der Waals surface area contributed by atoms with E-state index in [0.717, 1.165) is 5.69 Å². The van der Waals surface area contributed by atoms with Gasteiger partial charge < -0.3 is 10.2 Å². The molecule has 1 aromatic rings. The van der Waals surface area contributed by atoms with Gasteiger partial charge in [0.1, 0.15) is 5.78 Å². The number of nitrogens with zero attached hydrogens (tertiary/aromatic N) is 1. The lowest BCUT2D eigenvalue weighted by Crippen LogP contribution is -2.15. The van der Waals surface area contributed by atoms with Crippen molar-refractivity contribution in [1.29, 1.82) is 0 Å². The van der Waals surface area contributed by atoms with Gasteiger partial charge in [0, 0.05) is 19.8 Å². The van der Waals surface area contributed by atoms with Gasteiger partial charge in [0.25, 0.3) is 0 Å². The first-order chi connectivity index (χ1) is 7.90. The molecule has 0 aliphatic carbocycles. The lowest BCUT2D eigenvalue weighted by Gasteiger charge is -2.15. The minimum absolute atomic E-state index is 0.118. The number of nitrogens with one attached hydrogen (secondary N) is 1. The summed E-state index contributed by atoms with van der Waals surface area (Å²) in [5, 5.41) is 3.17. The Bertz CT molecular complexity index is 444. The predicted molar refractivity (Wildman–Crippen MR) is 69.7 cm³/mol. The molecule has 0 bridgehead atoms. The second-order valence-electron chi connectivity index (χ2n) is 3.99. The Morgan fingerprint density at radius 1 is 1.35 bits per heavy atom. The van der Waals surface area contributed by atoms with Gasteiger partial charge in [0.05, 0.1) is 17.1 Å². The second kappa shape index (κ2) is 5.68. The Morgan fingerprint density at radius 2 is 2.00 bits per heavy atom. The number of benzene rings is 1. The molecule has 1 rings (SSSR count). The molecule has 92 valence electrons. The van der Waals surface area contributed by atoms with Crippen LogP contribution in [0.2, 0.25) is 5.02 Å². The van der Waals surface area contributed by atoms with Crippen molar-refractivity contribution in [3.05, 3.63) is 23.2 Å². The van der Waals surface area contributed by atoms with E-state index in [1.165, 1.54) is 6.92 Å². The van der Waals surface area contributed by atoms with Crippen LogP contribution in [-0.4, -0.2) is 25.8 Å². The van der Waals surface area contributed by atoms with Gasteiger partial charge in [-0.3, -0.25) is 9.59 Å². The van der Waals surface area contributed by atoms with Crippen molar-refractivity contribution in [3.8, 4) is 0 Å². The van der Waals surface area contributed by atoms with E-state index in [0.29, 0.717) is 10.7 Å². The minimum Gasteiger partial charge on any atom is -0.376 e. The molecule has 4 nitrogen and oxygen atoms in total. The number of hydrogen-bond acceptors (Lipinski definition) is 3. The first-order valence-corrected chi connectivity index (χ1v) is 5.54. The van der Waals surface area contributed by atoms with Gasteiger partial charge >= 0.3 is 0 Å². The van der Waals surface area contributed by atoms with Crippen LogP contribution < -0.4 is 10.2 Å². The van der Waals surface area contributed by atoms with Crippen molar-refractivity contribution in [1.82, 2.24) is 0 Å². The largest absolute Gasteiger partial charge is 0.376 e. The van der Waals surface area contributed by atoms with Gasteiger partial charge in [0.2, 0.25) is 5.91 Å². The van der Waals surface area contributed by atoms with E-state index in [9.17, 15) is 9.59 Å². The molecule has 0 aliphatic heterocycles. The average Bonchev–Trinajstić information content (AvgIpc) is 2.15. The van der Waals surface area contributed by atoms with Crippen molar-refractivity contribution in [2.24, 2.45) is 0 Å². The lowest BCUT2D eigenvalue weighted by atomic mass is 10.2. The van der Waals surface area contributed by atoms with Crippen molar-refractivity contribution in [2.45, 2.75) is 13.3 Å². The molecule has 17 heavy (non-hydrogen) atoms. The highest BCUT2D eigenvalue weighted by Crippen LogP contribution is 2.27. The fraction of sp³-hybridized carbons (Fsp3) is 0.333. The molecule has 0 fully saturated rings. The van der Waals surface area contributed by atoms with Crippen molar-refractivity contribution in [2.75, 3.05) is 24.3 Å². The number of anilines is 2.